The Kier molecular flexibility index (Phi) is 4.85. The van der Waals surface area contributed by atoms with E-state index in [1.165, 1.54) is 11.6 Å². The van der Waals surface area contributed by atoms with Crippen molar-refractivity contribution in [3.05, 3.63) is 42.0 Å². The number of ether oxygens (including phenoxy) is 1. The van der Waals surface area contributed by atoms with Crippen LogP contribution in [0.5, 0.6) is 0 Å². The molecule has 0 aromatic heterocycles. The molecule has 1 aliphatic heterocycles. The number of hydrogen-bond acceptors (Lipinski definition) is 4. The van der Waals surface area contributed by atoms with Crippen molar-refractivity contribution < 1.29 is 14.6 Å². The highest BCUT2D eigenvalue weighted by Crippen LogP contribution is 2.30. The minimum absolute atomic E-state index is 0.198. The van der Waals surface area contributed by atoms with Crippen LogP contribution in [-0.4, -0.2) is 31.2 Å². The van der Waals surface area contributed by atoms with Gasteiger partial charge in [0.05, 0.1) is 6.61 Å². The van der Waals surface area contributed by atoms with Crippen molar-refractivity contribution in [1.82, 2.24) is 0 Å². The summed E-state index contributed by atoms with van der Waals surface area (Å²) >= 11 is 0. The first kappa shape index (κ1) is 14.7. The van der Waals surface area contributed by atoms with E-state index >= 15 is 0 Å². The van der Waals surface area contributed by atoms with Gasteiger partial charge in [0, 0.05) is 18.3 Å². The fourth-order valence-electron chi connectivity index (χ4n) is 2.55. The zero-order valence-electron chi connectivity index (χ0n) is 12.0. The quantitative estimate of drug-likeness (QED) is 0.517. The van der Waals surface area contributed by atoms with Crippen LogP contribution in [0.1, 0.15) is 12.5 Å². The van der Waals surface area contributed by atoms with Crippen LogP contribution in [0.15, 0.2) is 36.4 Å². The summed E-state index contributed by atoms with van der Waals surface area (Å²) in [5, 5.41) is 9.91. The van der Waals surface area contributed by atoms with Crippen molar-refractivity contribution in [2.24, 2.45) is 5.92 Å². The predicted molar refractivity (Wildman–Crippen MR) is 80.6 cm³/mol. The summed E-state index contributed by atoms with van der Waals surface area (Å²) in [7, 11) is -0.546. The number of nitrogens with zero attached hydrogens (tertiary/aromatic N) is 1. The first-order valence-corrected chi connectivity index (χ1v) is 6.99. The lowest BCUT2D eigenvalue weighted by Crippen LogP contribution is -2.44. The maximum atomic E-state index is 11.4. The van der Waals surface area contributed by atoms with Gasteiger partial charge in [0.2, 0.25) is 0 Å². The number of anilines is 1. The fraction of sp³-hybridized carbons (Fsp3) is 0.400. The number of esters is 1. The third-order valence-corrected chi connectivity index (χ3v) is 3.46. The highest BCUT2D eigenvalue weighted by Gasteiger charge is 2.27. The van der Waals surface area contributed by atoms with Gasteiger partial charge in [-0.05, 0) is 37.7 Å². The molecule has 1 atom stereocenters. The van der Waals surface area contributed by atoms with E-state index in [-0.39, 0.29) is 11.9 Å². The molecule has 0 aliphatic carbocycles. The van der Waals surface area contributed by atoms with E-state index in [0.717, 1.165) is 12.1 Å². The van der Waals surface area contributed by atoms with Crippen molar-refractivity contribution in [2.45, 2.75) is 20.2 Å². The second kappa shape index (κ2) is 6.61. The Hall–Kier alpha value is -1.75. The molecule has 0 amide bonds. The maximum Gasteiger partial charge on any atom is 0.409 e. The number of carbonyl (C=O) groups excluding carboxylic acids is 1. The summed E-state index contributed by atoms with van der Waals surface area (Å²) in [5.41, 5.74) is 2.27. The number of hydrogen-bond donors (Lipinski definition) is 1. The molecule has 0 saturated heterocycles. The normalized spacial score (nSPS) is 17.9. The Labute approximate surface area is 120 Å². The summed E-state index contributed by atoms with van der Waals surface area (Å²) in [6, 6.07) is 8.06. The van der Waals surface area contributed by atoms with Crippen LogP contribution in [0.2, 0.25) is 6.82 Å². The van der Waals surface area contributed by atoms with Gasteiger partial charge in [0.25, 0.3) is 0 Å². The molecule has 1 heterocycles. The number of rotatable bonds is 4. The van der Waals surface area contributed by atoms with Gasteiger partial charge >= 0.3 is 13.0 Å². The maximum absolute atomic E-state index is 11.4. The predicted octanol–water partition coefficient (Wildman–Crippen LogP) is 1.89. The average molecular weight is 273 g/mol. The smallest absolute Gasteiger partial charge is 0.409 e. The molecule has 0 saturated carbocycles. The molecule has 0 radical (unpaired) electrons. The fourth-order valence-corrected chi connectivity index (χ4v) is 2.55. The second-order valence-corrected chi connectivity index (χ2v) is 4.99. The summed E-state index contributed by atoms with van der Waals surface area (Å²) in [5.74, 6) is -0.112. The number of benzene rings is 1. The average Bonchev–Trinajstić information content (AvgIpc) is 2.44. The van der Waals surface area contributed by atoms with E-state index in [4.69, 9.17) is 4.74 Å². The van der Waals surface area contributed by atoms with Crippen LogP contribution in [0.4, 0.5) is 5.69 Å². The van der Waals surface area contributed by atoms with E-state index in [9.17, 15) is 9.82 Å². The highest BCUT2D eigenvalue weighted by atomic mass is 16.5. The number of carbonyl (C=O) groups is 1. The molecule has 1 aromatic carbocycles. The zero-order chi connectivity index (χ0) is 14.5. The van der Waals surface area contributed by atoms with Gasteiger partial charge in [-0.1, -0.05) is 24.3 Å². The summed E-state index contributed by atoms with van der Waals surface area (Å²) < 4.78 is 4.89. The van der Waals surface area contributed by atoms with Crippen molar-refractivity contribution in [3.63, 3.8) is 0 Å². The first-order chi connectivity index (χ1) is 9.61. The monoisotopic (exact) mass is 273 g/mol. The Balaban J connectivity index is 2.14. The van der Waals surface area contributed by atoms with E-state index in [2.05, 4.69) is 6.07 Å². The molecule has 1 aliphatic rings. The molecule has 1 N–H and O–H groups in total. The van der Waals surface area contributed by atoms with Gasteiger partial charge in [-0.25, -0.2) is 4.79 Å². The van der Waals surface area contributed by atoms with E-state index in [0.29, 0.717) is 13.2 Å². The molecule has 1 aromatic rings. The molecule has 1 unspecified atom stereocenters. The highest BCUT2D eigenvalue weighted by molar-refractivity contribution is 6.53. The lowest BCUT2D eigenvalue weighted by Gasteiger charge is -2.36. The SMILES string of the molecule is CCOC(=O)/C=C/C1Cc2ccccc2N(B(C)O)C1. The van der Waals surface area contributed by atoms with Gasteiger partial charge in [0.15, 0.2) is 0 Å². The minimum atomic E-state index is -0.546. The third kappa shape index (κ3) is 3.42. The Morgan fingerprint density at radius 2 is 2.30 bits per heavy atom. The van der Waals surface area contributed by atoms with Gasteiger partial charge in [0.1, 0.15) is 0 Å². The first-order valence-electron chi connectivity index (χ1n) is 6.99. The lowest BCUT2D eigenvalue weighted by atomic mass is 9.78. The molecule has 20 heavy (non-hydrogen) atoms. The molecule has 5 heteroatoms. The van der Waals surface area contributed by atoms with Crippen LogP contribution >= 0.6 is 0 Å². The zero-order valence-corrected chi connectivity index (χ0v) is 12.0. The van der Waals surface area contributed by atoms with Crippen molar-refractivity contribution in [2.75, 3.05) is 18.0 Å². The summed E-state index contributed by atoms with van der Waals surface area (Å²) in [6.07, 6.45) is 4.24. The molecular weight excluding hydrogens is 253 g/mol. The van der Waals surface area contributed by atoms with Crippen LogP contribution in [-0.2, 0) is 16.0 Å². The van der Waals surface area contributed by atoms with Crippen molar-refractivity contribution in [1.29, 1.82) is 0 Å². The molecule has 2 rings (SSSR count). The molecule has 0 bridgehead atoms. The second-order valence-electron chi connectivity index (χ2n) is 4.99. The molecule has 4 nitrogen and oxygen atoms in total. The topological polar surface area (TPSA) is 49.8 Å². The molecular formula is C15H20BNO3. The van der Waals surface area contributed by atoms with Gasteiger partial charge in [-0.3, -0.25) is 0 Å². The van der Waals surface area contributed by atoms with E-state index in [1.54, 1.807) is 13.7 Å². The van der Waals surface area contributed by atoms with Crippen LogP contribution in [0.25, 0.3) is 0 Å². The Bertz CT molecular complexity index is 502. The molecule has 106 valence electrons. The number of para-hydroxylation sites is 1. The van der Waals surface area contributed by atoms with Gasteiger partial charge in [-0.15, -0.1) is 0 Å². The van der Waals surface area contributed by atoms with Crippen LogP contribution in [0, 0.1) is 5.92 Å². The van der Waals surface area contributed by atoms with Crippen molar-refractivity contribution >= 4 is 18.7 Å². The van der Waals surface area contributed by atoms with Crippen LogP contribution < -0.4 is 4.81 Å². The lowest BCUT2D eigenvalue weighted by molar-refractivity contribution is -0.137. The largest absolute Gasteiger partial charge is 0.463 e. The minimum Gasteiger partial charge on any atom is -0.463 e. The van der Waals surface area contributed by atoms with Gasteiger partial charge in [-0.2, -0.15) is 0 Å². The van der Waals surface area contributed by atoms with Crippen molar-refractivity contribution in [3.8, 4) is 0 Å². The Morgan fingerprint density at radius 3 is 3.00 bits per heavy atom. The summed E-state index contributed by atoms with van der Waals surface area (Å²) in [4.78, 5) is 13.3. The summed E-state index contributed by atoms with van der Waals surface area (Å²) in [6.45, 7) is 4.63. The number of fused-ring (bicyclic) bond motifs is 1. The Morgan fingerprint density at radius 1 is 1.55 bits per heavy atom. The third-order valence-electron chi connectivity index (χ3n) is 3.46. The van der Waals surface area contributed by atoms with E-state index in [1.807, 2.05) is 29.1 Å². The van der Waals surface area contributed by atoms with Gasteiger partial charge < -0.3 is 14.6 Å². The molecule has 0 spiro atoms. The standard InChI is InChI=1S/C15H20BNO3/c1-3-20-15(18)9-8-12-10-13-6-4-5-7-14(13)17(11-12)16(2)19/h4-9,12,19H,3,10-11H2,1-2H3/b9-8+. The van der Waals surface area contributed by atoms with E-state index < -0.39 is 7.05 Å². The molecule has 0 fully saturated rings. The van der Waals surface area contributed by atoms with Crippen LogP contribution in [0.3, 0.4) is 0 Å².